The van der Waals surface area contributed by atoms with Crippen LogP contribution in [0.5, 0.6) is 5.75 Å². The van der Waals surface area contributed by atoms with E-state index in [4.69, 9.17) is 9.57 Å². The summed E-state index contributed by atoms with van der Waals surface area (Å²) < 4.78 is 45.6. The molecule has 4 rings (SSSR count). The van der Waals surface area contributed by atoms with Crippen molar-refractivity contribution in [3.8, 4) is 5.75 Å². The molecule has 1 aromatic carbocycles. The molecule has 0 aliphatic carbocycles. The van der Waals surface area contributed by atoms with E-state index in [0.29, 0.717) is 5.56 Å². The summed E-state index contributed by atoms with van der Waals surface area (Å²) in [5.41, 5.74) is 0.490. The van der Waals surface area contributed by atoms with Gasteiger partial charge in [-0.15, -0.1) is 13.2 Å². The third-order valence-corrected chi connectivity index (χ3v) is 4.39. The summed E-state index contributed by atoms with van der Waals surface area (Å²) in [6.45, 7) is -0.132. The number of hydroxylamine groups is 2. The van der Waals surface area contributed by atoms with Gasteiger partial charge in [-0.3, -0.25) is 14.4 Å². The summed E-state index contributed by atoms with van der Waals surface area (Å²) in [5, 5.41) is 0.741. The summed E-state index contributed by atoms with van der Waals surface area (Å²) in [4.78, 5) is 30.0. The van der Waals surface area contributed by atoms with E-state index in [-0.39, 0.29) is 12.4 Å². The van der Waals surface area contributed by atoms with Crippen LogP contribution in [0.4, 0.5) is 13.2 Å². The molecule has 9 heteroatoms. The van der Waals surface area contributed by atoms with Gasteiger partial charge >= 0.3 is 6.36 Å². The van der Waals surface area contributed by atoms with Crippen molar-refractivity contribution in [1.82, 2.24) is 5.06 Å². The van der Waals surface area contributed by atoms with Crippen LogP contribution >= 0.6 is 0 Å². The van der Waals surface area contributed by atoms with Crippen molar-refractivity contribution < 1.29 is 37.1 Å². The molecule has 25 heavy (non-hydrogen) atoms. The van der Waals surface area contributed by atoms with Gasteiger partial charge < -0.3 is 9.47 Å². The van der Waals surface area contributed by atoms with Gasteiger partial charge in [0, 0.05) is 0 Å². The molecule has 0 unspecified atom stereocenters. The Hall–Kier alpha value is -2.39. The van der Waals surface area contributed by atoms with Crippen molar-refractivity contribution in [3.05, 3.63) is 42.0 Å². The van der Waals surface area contributed by atoms with Crippen molar-refractivity contribution >= 4 is 11.8 Å². The number of halogens is 3. The van der Waals surface area contributed by atoms with Crippen molar-refractivity contribution in [3.63, 3.8) is 0 Å². The Morgan fingerprint density at radius 3 is 2.08 bits per heavy atom. The van der Waals surface area contributed by atoms with Crippen LogP contribution in [-0.2, 0) is 25.8 Å². The smallest absolute Gasteiger partial charge is 0.406 e. The molecule has 132 valence electrons. The number of rotatable bonds is 4. The van der Waals surface area contributed by atoms with Gasteiger partial charge in [0.1, 0.15) is 12.4 Å². The fourth-order valence-electron chi connectivity index (χ4n) is 3.33. The molecule has 0 aromatic heterocycles. The number of carbonyl (C=O) groups excluding carboxylic acids is 2. The topological polar surface area (TPSA) is 65.1 Å². The quantitative estimate of drug-likeness (QED) is 0.610. The number of hydrogen-bond acceptors (Lipinski definition) is 5. The van der Waals surface area contributed by atoms with E-state index in [9.17, 15) is 22.8 Å². The van der Waals surface area contributed by atoms with E-state index in [2.05, 4.69) is 4.74 Å². The van der Waals surface area contributed by atoms with Crippen LogP contribution in [0.25, 0.3) is 0 Å². The molecule has 1 aromatic rings. The van der Waals surface area contributed by atoms with Crippen molar-refractivity contribution in [2.45, 2.75) is 25.2 Å². The molecule has 2 bridgehead atoms. The minimum absolute atomic E-state index is 0.132. The summed E-state index contributed by atoms with van der Waals surface area (Å²) in [5.74, 6) is -2.40. The maximum atomic E-state index is 12.3. The second-order valence-electron chi connectivity index (χ2n) is 5.94. The van der Waals surface area contributed by atoms with Gasteiger partial charge in [0.05, 0.1) is 24.0 Å². The first-order valence-electron chi connectivity index (χ1n) is 7.53. The van der Waals surface area contributed by atoms with Gasteiger partial charge in [0.25, 0.3) is 11.8 Å². The Kier molecular flexibility index (Phi) is 3.58. The number of alkyl halides is 3. The lowest BCUT2D eigenvalue weighted by atomic mass is 9.85. The Labute approximate surface area is 139 Å². The highest BCUT2D eigenvalue weighted by Crippen LogP contribution is 2.45. The Balaban J connectivity index is 1.39. The largest absolute Gasteiger partial charge is 0.573 e. The van der Waals surface area contributed by atoms with E-state index in [1.807, 2.05) is 0 Å². The maximum Gasteiger partial charge on any atom is 0.573 e. The highest BCUT2D eigenvalue weighted by Gasteiger charge is 2.61. The second kappa shape index (κ2) is 5.57. The Morgan fingerprint density at radius 1 is 1.00 bits per heavy atom. The Morgan fingerprint density at radius 2 is 1.56 bits per heavy atom. The van der Waals surface area contributed by atoms with Crippen LogP contribution < -0.4 is 4.74 Å². The number of nitrogens with zero attached hydrogens (tertiary/aromatic N) is 1. The molecule has 0 saturated carbocycles. The minimum atomic E-state index is -4.76. The summed E-state index contributed by atoms with van der Waals surface area (Å²) in [6.07, 6.45) is -2.04. The molecule has 2 amide bonds. The zero-order valence-corrected chi connectivity index (χ0v) is 12.6. The highest BCUT2D eigenvalue weighted by atomic mass is 19.4. The number of carbonyl (C=O) groups is 2. The van der Waals surface area contributed by atoms with Crippen LogP contribution in [0, 0.1) is 11.8 Å². The minimum Gasteiger partial charge on any atom is -0.406 e. The first-order valence-corrected chi connectivity index (χ1v) is 7.53. The normalized spacial score (nSPS) is 30.3. The molecular weight excluding hydrogens is 343 g/mol. The lowest BCUT2D eigenvalue weighted by Crippen LogP contribution is -2.34. The molecular formula is C16H12F3NO5. The van der Waals surface area contributed by atoms with Crippen LogP contribution in [0.3, 0.4) is 0 Å². The van der Waals surface area contributed by atoms with Crippen molar-refractivity contribution in [2.75, 3.05) is 0 Å². The fourth-order valence-corrected chi connectivity index (χ4v) is 3.33. The third-order valence-electron chi connectivity index (χ3n) is 4.39. The predicted octanol–water partition coefficient (Wildman–Crippen LogP) is 1.96. The molecule has 3 aliphatic rings. The molecule has 4 atom stereocenters. The molecule has 0 radical (unpaired) electrons. The van der Waals surface area contributed by atoms with E-state index >= 15 is 0 Å². The van der Waals surface area contributed by atoms with Crippen LogP contribution in [-0.4, -0.2) is 35.4 Å². The predicted molar refractivity (Wildman–Crippen MR) is 74.5 cm³/mol. The summed E-state index contributed by atoms with van der Waals surface area (Å²) >= 11 is 0. The number of ether oxygens (including phenoxy) is 2. The Bertz CT molecular complexity index is 715. The van der Waals surface area contributed by atoms with Gasteiger partial charge in [-0.05, 0) is 17.7 Å². The zero-order valence-electron chi connectivity index (χ0n) is 12.6. The molecule has 2 saturated heterocycles. The SMILES string of the molecule is O=C1[C@@H]2[C@H](C(=O)N1OCc1ccc(OC(F)(F)F)cc1)[C@H]1C=C[C@@H]2O1. The monoisotopic (exact) mass is 355 g/mol. The zero-order chi connectivity index (χ0) is 17.8. The van der Waals surface area contributed by atoms with E-state index in [0.717, 1.165) is 17.2 Å². The number of benzene rings is 1. The first kappa shape index (κ1) is 16.1. The standard InChI is InChI=1S/C16H12F3NO5/c17-16(18,19)25-9-3-1-8(2-4-9)7-23-20-14(21)12-10-5-6-11(24-10)13(12)15(20)22/h1-6,10-13H,7H2/t10-,11+,12-,13+. The van der Waals surface area contributed by atoms with Crippen LogP contribution in [0.1, 0.15) is 5.56 Å². The fraction of sp³-hybridized carbons (Fsp3) is 0.375. The first-order chi connectivity index (χ1) is 11.8. The number of imide groups is 1. The van der Waals surface area contributed by atoms with Crippen LogP contribution in [0.2, 0.25) is 0 Å². The third kappa shape index (κ3) is 2.79. The number of hydrogen-bond donors (Lipinski definition) is 0. The van der Waals surface area contributed by atoms with Crippen molar-refractivity contribution in [2.24, 2.45) is 11.8 Å². The average Bonchev–Trinajstić information content (AvgIpc) is 3.21. The molecule has 2 fully saturated rings. The van der Waals surface area contributed by atoms with Crippen molar-refractivity contribution in [1.29, 1.82) is 0 Å². The summed E-state index contributed by atoms with van der Waals surface area (Å²) in [7, 11) is 0. The number of amides is 2. The molecule has 0 spiro atoms. The van der Waals surface area contributed by atoms with E-state index in [1.54, 1.807) is 12.2 Å². The van der Waals surface area contributed by atoms with E-state index < -0.39 is 42.2 Å². The van der Waals surface area contributed by atoms with Gasteiger partial charge in [-0.1, -0.05) is 24.3 Å². The van der Waals surface area contributed by atoms with Gasteiger partial charge in [0.15, 0.2) is 0 Å². The summed E-state index contributed by atoms with van der Waals surface area (Å²) in [6, 6.07) is 4.99. The number of fused-ring (bicyclic) bond motifs is 5. The second-order valence-corrected chi connectivity index (χ2v) is 5.94. The lowest BCUT2D eigenvalue weighted by molar-refractivity contribution is -0.274. The molecule has 3 aliphatic heterocycles. The molecule has 3 heterocycles. The lowest BCUT2D eigenvalue weighted by Gasteiger charge is -2.17. The van der Waals surface area contributed by atoms with Gasteiger partial charge in [-0.2, -0.15) is 5.06 Å². The molecule has 0 N–H and O–H groups in total. The van der Waals surface area contributed by atoms with Gasteiger partial charge in [-0.25, -0.2) is 0 Å². The van der Waals surface area contributed by atoms with Gasteiger partial charge in [0.2, 0.25) is 0 Å². The molecule has 6 nitrogen and oxygen atoms in total. The van der Waals surface area contributed by atoms with Crippen LogP contribution in [0.15, 0.2) is 36.4 Å². The highest BCUT2D eigenvalue weighted by molar-refractivity contribution is 6.05. The van der Waals surface area contributed by atoms with E-state index in [1.165, 1.54) is 12.1 Å². The maximum absolute atomic E-state index is 12.3. The average molecular weight is 355 g/mol.